The molecule has 176 valence electrons. The third-order valence-corrected chi connectivity index (χ3v) is 7.10. The molecule has 5 nitrogen and oxygen atoms in total. The summed E-state index contributed by atoms with van der Waals surface area (Å²) >= 11 is 1.60. The molecule has 0 radical (unpaired) electrons. The first-order chi connectivity index (χ1) is 17.7. The van der Waals surface area contributed by atoms with Gasteiger partial charge in [-0.1, -0.05) is 42.5 Å². The van der Waals surface area contributed by atoms with E-state index in [1.54, 1.807) is 40.6 Å². The summed E-state index contributed by atoms with van der Waals surface area (Å²) < 4.78 is 15.6. The topological polar surface area (TPSA) is 50.5 Å². The van der Waals surface area contributed by atoms with Gasteiger partial charge in [0.2, 0.25) is 0 Å². The van der Waals surface area contributed by atoms with E-state index in [-0.39, 0.29) is 17.8 Å². The molecule has 1 amide bonds. The number of hydrazone groups is 1. The summed E-state index contributed by atoms with van der Waals surface area (Å²) in [5.41, 5.74) is 4.64. The maximum atomic E-state index is 13.7. The second kappa shape index (κ2) is 9.36. The van der Waals surface area contributed by atoms with Crippen molar-refractivity contribution in [1.82, 2.24) is 14.8 Å². The Morgan fingerprint density at radius 1 is 0.889 bits per heavy atom. The number of hydrogen-bond donors (Lipinski definition) is 0. The second-order valence-corrected chi connectivity index (χ2v) is 9.43. The van der Waals surface area contributed by atoms with Crippen molar-refractivity contribution in [2.75, 3.05) is 0 Å². The number of hydrogen-bond acceptors (Lipinski definition) is 4. The van der Waals surface area contributed by atoms with Gasteiger partial charge >= 0.3 is 0 Å². The summed E-state index contributed by atoms with van der Waals surface area (Å²) in [6.07, 6.45) is 2.50. The van der Waals surface area contributed by atoms with Gasteiger partial charge in [-0.3, -0.25) is 4.79 Å². The van der Waals surface area contributed by atoms with Crippen LogP contribution in [0.5, 0.6) is 0 Å². The molecule has 0 saturated heterocycles. The van der Waals surface area contributed by atoms with Crippen molar-refractivity contribution >= 4 is 23.0 Å². The van der Waals surface area contributed by atoms with Gasteiger partial charge in [0, 0.05) is 29.3 Å². The molecular formula is C29H21FN4OS. The molecule has 5 aromatic rings. The first kappa shape index (κ1) is 22.1. The lowest BCUT2D eigenvalue weighted by Gasteiger charge is -2.22. The Balaban J connectivity index is 1.49. The summed E-state index contributed by atoms with van der Waals surface area (Å²) in [6, 6.07) is 28.9. The van der Waals surface area contributed by atoms with Crippen LogP contribution in [0.15, 0.2) is 114 Å². The number of amides is 1. The molecule has 0 aliphatic carbocycles. The zero-order chi connectivity index (χ0) is 24.5. The van der Waals surface area contributed by atoms with E-state index in [0.717, 1.165) is 27.4 Å². The van der Waals surface area contributed by atoms with E-state index in [2.05, 4.69) is 0 Å². The molecule has 3 heterocycles. The standard InChI is InChI=1S/C29H21FN4OS/c30-22-15-13-20(14-16-22)28-24(19-33(32-28)23-10-5-2-6-11-23)26-18-25(27-12-7-17-36-27)31-34(26)29(35)21-8-3-1-4-9-21/h1-17,19,26H,18H2/t26-/m1/s1. The molecule has 0 N–H and O–H groups in total. The molecule has 0 fully saturated rings. The minimum absolute atomic E-state index is 0.176. The number of benzene rings is 3. The smallest absolute Gasteiger partial charge is 0.267 e. The van der Waals surface area contributed by atoms with Gasteiger partial charge < -0.3 is 0 Å². The van der Waals surface area contributed by atoms with Crippen LogP contribution < -0.4 is 0 Å². The highest BCUT2D eigenvalue weighted by Gasteiger charge is 2.36. The van der Waals surface area contributed by atoms with Crippen molar-refractivity contribution in [3.63, 3.8) is 0 Å². The first-order valence-corrected chi connectivity index (χ1v) is 12.5. The number of carbonyl (C=O) groups is 1. The summed E-state index contributed by atoms with van der Waals surface area (Å²) in [7, 11) is 0. The fourth-order valence-electron chi connectivity index (χ4n) is 4.42. The van der Waals surface area contributed by atoms with Crippen LogP contribution in [0.1, 0.15) is 33.3 Å². The second-order valence-electron chi connectivity index (χ2n) is 8.48. The third-order valence-electron chi connectivity index (χ3n) is 6.18. The number of para-hydroxylation sites is 1. The Labute approximate surface area is 211 Å². The molecular weight excluding hydrogens is 471 g/mol. The van der Waals surface area contributed by atoms with Gasteiger partial charge in [-0.15, -0.1) is 11.3 Å². The molecule has 2 aromatic heterocycles. The average Bonchev–Trinajstić information content (AvgIpc) is 3.69. The lowest BCUT2D eigenvalue weighted by molar-refractivity contribution is 0.0711. The Morgan fingerprint density at radius 2 is 1.61 bits per heavy atom. The van der Waals surface area contributed by atoms with Crippen molar-refractivity contribution in [3.05, 3.63) is 130 Å². The van der Waals surface area contributed by atoms with Crippen molar-refractivity contribution < 1.29 is 9.18 Å². The van der Waals surface area contributed by atoms with Crippen molar-refractivity contribution in [1.29, 1.82) is 0 Å². The summed E-state index contributed by atoms with van der Waals surface area (Å²) in [6.45, 7) is 0. The predicted molar refractivity (Wildman–Crippen MR) is 140 cm³/mol. The van der Waals surface area contributed by atoms with E-state index < -0.39 is 0 Å². The van der Waals surface area contributed by atoms with Gasteiger partial charge in [-0.05, 0) is 60.0 Å². The number of carbonyl (C=O) groups excluding carboxylic acids is 1. The van der Waals surface area contributed by atoms with E-state index in [4.69, 9.17) is 10.2 Å². The van der Waals surface area contributed by atoms with E-state index in [0.29, 0.717) is 17.7 Å². The highest BCUT2D eigenvalue weighted by atomic mass is 32.1. The van der Waals surface area contributed by atoms with Crippen LogP contribution in [0, 0.1) is 5.82 Å². The summed E-state index contributed by atoms with van der Waals surface area (Å²) in [4.78, 5) is 14.7. The van der Waals surface area contributed by atoms with Crippen LogP contribution in [0.4, 0.5) is 4.39 Å². The minimum atomic E-state index is -0.368. The zero-order valence-electron chi connectivity index (χ0n) is 19.2. The zero-order valence-corrected chi connectivity index (χ0v) is 20.0. The molecule has 36 heavy (non-hydrogen) atoms. The van der Waals surface area contributed by atoms with Gasteiger partial charge in [0.25, 0.3) is 5.91 Å². The van der Waals surface area contributed by atoms with Gasteiger partial charge in [0.05, 0.1) is 28.0 Å². The van der Waals surface area contributed by atoms with Gasteiger partial charge in [0.1, 0.15) is 5.82 Å². The number of aromatic nitrogens is 2. The fourth-order valence-corrected chi connectivity index (χ4v) is 5.14. The van der Waals surface area contributed by atoms with Crippen molar-refractivity contribution in [2.24, 2.45) is 5.10 Å². The number of nitrogens with zero attached hydrogens (tertiary/aromatic N) is 4. The maximum absolute atomic E-state index is 13.7. The van der Waals surface area contributed by atoms with Gasteiger partial charge in [-0.25, -0.2) is 14.1 Å². The Bertz CT molecular complexity index is 1530. The highest BCUT2D eigenvalue weighted by molar-refractivity contribution is 7.12. The van der Waals surface area contributed by atoms with Crippen LogP contribution in [-0.4, -0.2) is 26.4 Å². The molecule has 0 bridgehead atoms. The molecule has 1 aliphatic heterocycles. The van der Waals surface area contributed by atoms with Crippen LogP contribution in [0.25, 0.3) is 16.9 Å². The number of rotatable bonds is 5. The molecule has 6 rings (SSSR count). The van der Waals surface area contributed by atoms with Gasteiger partial charge in [0.15, 0.2) is 0 Å². The number of halogens is 1. The molecule has 0 saturated carbocycles. The SMILES string of the molecule is O=C(c1ccccc1)N1N=C(c2cccs2)C[C@@H]1c1cn(-c2ccccc2)nc1-c1ccc(F)cc1. The lowest BCUT2D eigenvalue weighted by Crippen LogP contribution is -2.27. The lowest BCUT2D eigenvalue weighted by atomic mass is 9.98. The molecule has 0 unspecified atom stereocenters. The Kier molecular flexibility index (Phi) is 5.75. The van der Waals surface area contributed by atoms with Crippen LogP contribution in [-0.2, 0) is 0 Å². The summed E-state index contributed by atoms with van der Waals surface area (Å²) in [5, 5.41) is 13.3. The van der Waals surface area contributed by atoms with E-state index in [1.807, 2.05) is 76.9 Å². The maximum Gasteiger partial charge on any atom is 0.274 e. The summed E-state index contributed by atoms with van der Waals surface area (Å²) in [5.74, 6) is -0.488. The van der Waals surface area contributed by atoms with Crippen molar-refractivity contribution in [3.8, 4) is 16.9 Å². The predicted octanol–water partition coefficient (Wildman–Crippen LogP) is 6.73. The average molecular weight is 493 g/mol. The highest BCUT2D eigenvalue weighted by Crippen LogP contribution is 2.39. The van der Waals surface area contributed by atoms with E-state index >= 15 is 0 Å². The monoisotopic (exact) mass is 492 g/mol. The Hall–Kier alpha value is -4.36. The molecule has 3 aromatic carbocycles. The first-order valence-electron chi connectivity index (χ1n) is 11.6. The number of thiophene rings is 1. The fraction of sp³-hybridized carbons (Fsp3) is 0.0690. The van der Waals surface area contributed by atoms with E-state index in [1.165, 1.54) is 12.1 Å². The van der Waals surface area contributed by atoms with Gasteiger partial charge in [-0.2, -0.15) is 10.2 Å². The largest absolute Gasteiger partial charge is 0.274 e. The third kappa shape index (κ3) is 4.14. The molecule has 1 aliphatic rings. The normalized spacial score (nSPS) is 15.2. The molecule has 1 atom stereocenters. The van der Waals surface area contributed by atoms with Crippen LogP contribution in [0.2, 0.25) is 0 Å². The quantitative estimate of drug-likeness (QED) is 0.273. The molecule has 0 spiro atoms. The van der Waals surface area contributed by atoms with Crippen molar-refractivity contribution in [2.45, 2.75) is 12.5 Å². The Morgan fingerprint density at radius 3 is 2.31 bits per heavy atom. The molecule has 7 heteroatoms. The van der Waals surface area contributed by atoms with Crippen LogP contribution in [0.3, 0.4) is 0 Å². The van der Waals surface area contributed by atoms with E-state index in [9.17, 15) is 9.18 Å². The van der Waals surface area contributed by atoms with Crippen LogP contribution >= 0.6 is 11.3 Å². The minimum Gasteiger partial charge on any atom is -0.267 e.